The highest BCUT2D eigenvalue weighted by Crippen LogP contribution is 2.15. The van der Waals surface area contributed by atoms with E-state index in [1.165, 1.54) is 0 Å². The molecule has 0 saturated heterocycles. The molecule has 3 aromatic rings. The normalized spacial score (nSPS) is 11.9. The third-order valence-electron chi connectivity index (χ3n) is 4.49. The number of amides is 2. The minimum Gasteiger partial charge on any atom is -0.340 e. The van der Waals surface area contributed by atoms with Crippen LogP contribution < -0.4 is 10.6 Å². The number of nitrogens with one attached hydrogen (secondary N) is 2. The highest BCUT2D eigenvalue weighted by atomic mass is 79.9. The molecule has 0 aliphatic rings. The van der Waals surface area contributed by atoms with Gasteiger partial charge in [-0.2, -0.15) is 5.10 Å². The van der Waals surface area contributed by atoms with Crippen molar-refractivity contribution in [3.05, 3.63) is 82.5 Å². The molecule has 6 nitrogen and oxygen atoms in total. The van der Waals surface area contributed by atoms with Gasteiger partial charge in [0, 0.05) is 16.1 Å². The van der Waals surface area contributed by atoms with Gasteiger partial charge >= 0.3 is 0 Å². The van der Waals surface area contributed by atoms with Crippen LogP contribution in [0, 0.1) is 5.92 Å². The summed E-state index contributed by atoms with van der Waals surface area (Å²) in [6, 6.07) is 17.9. The molecule has 7 heteroatoms. The van der Waals surface area contributed by atoms with Gasteiger partial charge in [0.1, 0.15) is 11.9 Å². The van der Waals surface area contributed by atoms with Gasteiger partial charge in [0.15, 0.2) is 0 Å². The zero-order valence-corrected chi connectivity index (χ0v) is 17.9. The molecule has 0 aliphatic carbocycles. The number of carbonyl (C=O) groups excluding carboxylic acids is 2. The van der Waals surface area contributed by atoms with Gasteiger partial charge < -0.3 is 10.6 Å². The van der Waals surface area contributed by atoms with Crippen molar-refractivity contribution in [2.24, 2.45) is 5.92 Å². The fourth-order valence-corrected chi connectivity index (χ4v) is 3.14. The van der Waals surface area contributed by atoms with Crippen molar-refractivity contribution in [2.75, 3.05) is 5.32 Å². The number of halogens is 1. The van der Waals surface area contributed by atoms with Crippen LogP contribution in [0.5, 0.6) is 0 Å². The molecular weight excluding hydrogens is 432 g/mol. The number of nitrogens with zero attached hydrogens (tertiary/aromatic N) is 2. The lowest BCUT2D eigenvalue weighted by molar-refractivity contribution is -0.118. The van der Waals surface area contributed by atoms with Crippen molar-refractivity contribution in [3.63, 3.8) is 0 Å². The Morgan fingerprint density at radius 1 is 1.03 bits per heavy atom. The van der Waals surface area contributed by atoms with Gasteiger partial charge in [-0.05, 0) is 35.7 Å². The Labute approximate surface area is 178 Å². The Hall–Kier alpha value is -2.93. The van der Waals surface area contributed by atoms with E-state index in [2.05, 4.69) is 31.7 Å². The number of carbonyl (C=O) groups is 2. The van der Waals surface area contributed by atoms with Crippen LogP contribution in [0.25, 0.3) is 0 Å². The third-order valence-corrected chi connectivity index (χ3v) is 5.01. The first kappa shape index (κ1) is 20.8. The lowest BCUT2D eigenvalue weighted by Crippen LogP contribution is -2.47. The Morgan fingerprint density at radius 3 is 2.38 bits per heavy atom. The molecule has 150 valence electrons. The number of anilines is 1. The minimum atomic E-state index is -0.668. The lowest BCUT2D eigenvalue weighted by Gasteiger charge is -2.22. The Morgan fingerprint density at radius 2 is 1.72 bits per heavy atom. The van der Waals surface area contributed by atoms with Crippen LogP contribution in [0.2, 0.25) is 0 Å². The molecule has 2 N–H and O–H groups in total. The van der Waals surface area contributed by atoms with Crippen LogP contribution in [0.1, 0.15) is 29.8 Å². The molecule has 2 aromatic carbocycles. The van der Waals surface area contributed by atoms with E-state index >= 15 is 0 Å². The summed E-state index contributed by atoms with van der Waals surface area (Å²) < 4.78 is 2.72. The second kappa shape index (κ2) is 9.52. The first-order valence-corrected chi connectivity index (χ1v) is 10.2. The van der Waals surface area contributed by atoms with Gasteiger partial charge in [-0.1, -0.05) is 60.1 Å². The highest BCUT2D eigenvalue weighted by Gasteiger charge is 2.25. The molecule has 0 aliphatic heterocycles. The largest absolute Gasteiger partial charge is 0.340 e. The second-order valence-electron chi connectivity index (χ2n) is 7.05. The van der Waals surface area contributed by atoms with Gasteiger partial charge in [0.05, 0.1) is 12.7 Å². The molecule has 0 spiro atoms. The molecule has 0 fully saturated rings. The van der Waals surface area contributed by atoms with E-state index in [0.717, 1.165) is 10.0 Å². The summed E-state index contributed by atoms with van der Waals surface area (Å²) >= 11 is 3.42. The van der Waals surface area contributed by atoms with E-state index in [0.29, 0.717) is 17.9 Å². The summed E-state index contributed by atoms with van der Waals surface area (Å²) in [6.07, 6.45) is 1.64. The number of benzene rings is 2. The third kappa shape index (κ3) is 5.54. The number of hydrogen-bond donors (Lipinski definition) is 2. The summed E-state index contributed by atoms with van der Waals surface area (Å²) in [5.41, 5.74) is 1.58. The van der Waals surface area contributed by atoms with Crippen molar-refractivity contribution in [2.45, 2.75) is 26.4 Å². The average molecular weight is 455 g/mol. The standard InChI is InChI=1S/C22H23BrN4O2/c1-15(2)20(26-21(28)17-6-4-3-5-7-17)22(29)25-19-12-13-24-27(19)14-16-8-10-18(23)11-9-16/h3-13,15,20H,14H2,1-2H3,(H,25,29)(H,26,28)/t20-/m0/s1. The predicted octanol–water partition coefficient (Wildman–Crippen LogP) is 4.09. The quantitative estimate of drug-likeness (QED) is 0.564. The zero-order chi connectivity index (χ0) is 20.8. The topological polar surface area (TPSA) is 76.0 Å². The van der Waals surface area contributed by atoms with Gasteiger partial charge in [0.25, 0.3) is 5.91 Å². The smallest absolute Gasteiger partial charge is 0.251 e. The first-order valence-electron chi connectivity index (χ1n) is 9.37. The van der Waals surface area contributed by atoms with E-state index in [9.17, 15) is 9.59 Å². The van der Waals surface area contributed by atoms with Gasteiger partial charge in [0.2, 0.25) is 5.91 Å². The maximum Gasteiger partial charge on any atom is 0.251 e. The number of aromatic nitrogens is 2. The van der Waals surface area contributed by atoms with Gasteiger partial charge in [-0.15, -0.1) is 0 Å². The van der Waals surface area contributed by atoms with Crippen LogP contribution in [0.15, 0.2) is 71.3 Å². The maximum absolute atomic E-state index is 12.9. The van der Waals surface area contributed by atoms with Gasteiger partial charge in [-0.25, -0.2) is 4.68 Å². The Bertz CT molecular complexity index is 968. The molecule has 0 radical (unpaired) electrons. The fourth-order valence-electron chi connectivity index (χ4n) is 2.88. The average Bonchev–Trinajstić information content (AvgIpc) is 3.14. The molecular formula is C22H23BrN4O2. The first-order chi connectivity index (χ1) is 13.9. The minimum absolute atomic E-state index is 0.0782. The van der Waals surface area contributed by atoms with Crippen LogP contribution in [0.4, 0.5) is 5.82 Å². The fraction of sp³-hybridized carbons (Fsp3) is 0.227. The summed E-state index contributed by atoms with van der Waals surface area (Å²) in [6.45, 7) is 4.32. The van der Waals surface area contributed by atoms with E-state index < -0.39 is 6.04 Å². The highest BCUT2D eigenvalue weighted by molar-refractivity contribution is 9.10. The van der Waals surface area contributed by atoms with E-state index in [1.807, 2.05) is 44.2 Å². The molecule has 1 aromatic heterocycles. The second-order valence-corrected chi connectivity index (χ2v) is 7.97. The van der Waals surface area contributed by atoms with Crippen molar-refractivity contribution in [1.82, 2.24) is 15.1 Å². The van der Waals surface area contributed by atoms with E-state index in [-0.39, 0.29) is 17.7 Å². The molecule has 1 heterocycles. The molecule has 29 heavy (non-hydrogen) atoms. The summed E-state index contributed by atoms with van der Waals surface area (Å²) in [4.78, 5) is 25.4. The summed E-state index contributed by atoms with van der Waals surface area (Å²) in [5.74, 6) is -0.0484. The van der Waals surface area contributed by atoms with Crippen molar-refractivity contribution >= 4 is 33.6 Å². The van der Waals surface area contributed by atoms with Crippen molar-refractivity contribution in [1.29, 1.82) is 0 Å². The maximum atomic E-state index is 12.9. The van der Waals surface area contributed by atoms with Crippen LogP contribution in [-0.4, -0.2) is 27.6 Å². The monoisotopic (exact) mass is 454 g/mol. The Kier molecular flexibility index (Phi) is 6.82. The molecule has 0 saturated carbocycles. The SMILES string of the molecule is CC(C)[C@H](NC(=O)c1ccccc1)C(=O)Nc1ccnn1Cc1ccc(Br)cc1. The molecule has 3 rings (SSSR count). The summed E-state index contributed by atoms with van der Waals surface area (Å²) in [7, 11) is 0. The van der Waals surface area contributed by atoms with Crippen LogP contribution >= 0.6 is 15.9 Å². The predicted molar refractivity (Wildman–Crippen MR) is 117 cm³/mol. The van der Waals surface area contributed by atoms with Crippen molar-refractivity contribution in [3.8, 4) is 0 Å². The van der Waals surface area contributed by atoms with Gasteiger partial charge in [-0.3, -0.25) is 9.59 Å². The van der Waals surface area contributed by atoms with E-state index in [4.69, 9.17) is 0 Å². The molecule has 2 amide bonds. The molecule has 0 bridgehead atoms. The van der Waals surface area contributed by atoms with Crippen LogP contribution in [-0.2, 0) is 11.3 Å². The van der Waals surface area contributed by atoms with E-state index in [1.54, 1.807) is 41.2 Å². The molecule has 1 atom stereocenters. The van der Waals surface area contributed by atoms with Crippen LogP contribution in [0.3, 0.4) is 0 Å². The number of hydrogen-bond acceptors (Lipinski definition) is 3. The lowest BCUT2D eigenvalue weighted by atomic mass is 10.0. The summed E-state index contributed by atoms with van der Waals surface area (Å²) in [5, 5.41) is 10.0. The van der Waals surface area contributed by atoms with Crippen molar-refractivity contribution < 1.29 is 9.59 Å². The molecule has 0 unspecified atom stereocenters. The zero-order valence-electron chi connectivity index (χ0n) is 16.3. The number of rotatable bonds is 7. The Balaban J connectivity index is 1.70.